The zero-order valence-corrected chi connectivity index (χ0v) is 9.96. The SMILES string of the molecule is Bc1ccccc1.CCN(CC)CC. The molecule has 0 atom stereocenters. The summed E-state index contributed by atoms with van der Waals surface area (Å²) in [6.45, 7) is 10.1. The van der Waals surface area contributed by atoms with E-state index in [0.717, 1.165) is 0 Å². The Kier molecular flexibility index (Phi) is 8.35. The number of nitrogens with zero attached hydrogens (tertiary/aromatic N) is 1. The van der Waals surface area contributed by atoms with E-state index in [2.05, 4.69) is 45.7 Å². The van der Waals surface area contributed by atoms with Gasteiger partial charge in [-0.05, 0) is 19.6 Å². The summed E-state index contributed by atoms with van der Waals surface area (Å²) in [4.78, 5) is 2.38. The van der Waals surface area contributed by atoms with E-state index in [0.29, 0.717) is 0 Å². The van der Waals surface area contributed by atoms with Gasteiger partial charge in [-0.1, -0.05) is 56.6 Å². The fourth-order valence-corrected chi connectivity index (χ4v) is 1.21. The highest BCUT2D eigenvalue weighted by molar-refractivity contribution is 6.32. The Morgan fingerprint density at radius 2 is 1.36 bits per heavy atom. The van der Waals surface area contributed by atoms with E-state index < -0.39 is 0 Å². The molecule has 0 fully saturated rings. The predicted octanol–water partition coefficient (Wildman–Crippen LogP) is 1.29. The molecule has 1 rings (SSSR count). The van der Waals surface area contributed by atoms with Crippen LogP contribution in [0.25, 0.3) is 0 Å². The first-order valence-corrected chi connectivity index (χ1v) is 5.48. The average molecular weight is 191 g/mol. The van der Waals surface area contributed by atoms with Gasteiger partial charge in [-0.2, -0.15) is 0 Å². The zero-order valence-electron chi connectivity index (χ0n) is 9.96. The van der Waals surface area contributed by atoms with E-state index in [-0.39, 0.29) is 0 Å². The normalized spacial score (nSPS) is 9.43. The lowest BCUT2D eigenvalue weighted by Gasteiger charge is -2.13. The summed E-state index contributed by atoms with van der Waals surface area (Å²) in [5.74, 6) is 0. The standard InChI is InChI=1S/C6H7B.C6H15N/c7-6-4-2-1-3-5-6;1-4-7(5-2)6-3/h1-5H,7H2;4-6H2,1-3H3. The molecule has 0 aromatic heterocycles. The zero-order chi connectivity index (χ0) is 10.8. The first kappa shape index (κ1) is 13.2. The summed E-state index contributed by atoms with van der Waals surface area (Å²) in [5.41, 5.74) is 1.32. The van der Waals surface area contributed by atoms with Crippen LogP contribution in [0.5, 0.6) is 0 Å². The van der Waals surface area contributed by atoms with Gasteiger partial charge in [0.05, 0.1) is 0 Å². The van der Waals surface area contributed by atoms with Crippen LogP contribution in [0.3, 0.4) is 0 Å². The van der Waals surface area contributed by atoms with Crippen LogP contribution in [0.4, 0.5) is 0 Å². The number of rotatable bonds is 3. The van der Waals surface area contributed by atoms with Crippen LogP contribution >= 0.6 is 0 Å². The molecule has 1 aromatic rings. The molecule has 0 saturated carbocycles. The molecule has 1 aromatic carbocycles. The Labute approximate surface area is 89.5 Å². The lowest BCUT2D eigenvalue weighted by atomic mass is 9.97. The van der Waals surface area contributed by atoms with Crippen LogP contribution in [0.1, 0.15) is 20.8 Å². The van der Waals surface area contributed by atoms with E-state index >= 15 is 0 Å². The summed E-state index contributed by atoms with van der Waals surface area (Å²) in [6.07, 6.45) is 0. The van der Waals surface area contributed by atoms with Gasteiger partial charge in [-0.3, -0.25) is 0 Å². The van der Waals surface area contributed by atoms with Gasteiger partial charge in [-0.15, -0.1) is 0 Å². The second-order valence-corrected chi connectivity index (χ2v) is 3.27. The van der Waals surface area contributed by atoms with Crippen LogP contribution in [0.15, 0.2) is 30.3 Å². The number of benzene rings is 1. The summed E-state index contributed by atoms with van der Waals surface area (Å²) >= 11 is 0. The Morgan fingerprint density at radius 1 is 0.929 bits per heavy atom. The first-order valence-electron chi connectivity index (χ1n) is 5.48. The van der Waals surface area contributed by atoms with E-state index in [1.807, 2.05) is 18.2 Å². The fraction of sp³-hybridized carbons (Fsp3) is 0.500. The molecule has 14 heavy (non-hydrogen) atoms. The maximum Gasteiger partial charge on any atom is 0.139 e. The Bertz CT molecular complexity index is 201. The van der Waals surface area contributed by atoms with Crippen molar-refractivity contribution in [2.45, 2.75) is 20.8 Å². The smallest absolute Gasteiger partial charge is 0.139 e. The minimum Gasteiger partial charge on any atom is -0.304 e. The first-order chi connectivity index (χ1) is 6.74. The molecular weight excluding hydrogens is 169 g/mol. The molecule has 0 unspecified atom stereocenters. The van der Waals surface area contributed by atoms with Crippen molar-refractivity contribution >= 4 is 13.3 Å². The third-order valence-corrected chi connectivity index (χ3v) is 2.28. The van der Waals surface area contributed by atoms with E-state index in [9.17, 15) is 0 Å². The van der Waals surface area contributed by atoms with Gasteiger partial charge in [0.15, 0.2) is 0 Å². The molecule has 0 aliphatic rings. The number of hydrogen-bond donors (Lipinski definition) is 0. The van der Waals surface area contributed by atoms with Crippen molar-refractivity contribution in [2.24, 2.45) is 0 Å². The summed E-state index contributed by atoms with van der Waals surface area (Å²) < 4.78 is 0. The molecule has 2 heteroatoms. The van der Waals surface area contributed by atoms with Gasteiger partial charge in [0.2, 0.25) is 0 Å². The highest BCUT2D eigenvalue weighted by atomic mass is 15.1. The molecule has 0 N–H and O–H groups in total. The van der Waals surface area contributed by atoms with Gasteiger partial charge < -0.3 is 4.90 Å². The van der Waals surface area contributed by atoms with Gasteiger partial charge in [-0.25, -0.2) is 0 Å². The number of hydrogen-bond acceptors (Lipinski definition) is 1. The van der Waals surface area contributed by atoms with Gasteiger partial charge >= 0.3 is 0 Å². The third-order valence-electron chi connectivity index (χ3n) is 2.28. The van der Waals surface area contributed by atoms with Crippen LogP contribution in [0, 0.1) is 0 Å². The monoisotopic (exact) mass is 191 g/mol. The van der Waals surface area contributed by atoms with Gasteiger partial charge in [0, 0.05) is 0 Å². The highest BCUT2D eigenvalue weighted by Gasteiger charge is 1.89. The molecule has 0 bridgehead atoms. The molecule has 78 valence electrons. The molecule has 0 heterocycles. The molecule has 0 saturated heterocycles. The van der Waals surface area contributed by atoms with Crippen molar-refractivity contribution in [3.05, 3.63) is 30.3 Å². The minimum absolute atomic E-state index is 1.19. The Balaban J connectivity index is 0.000000241. The lowest BCUT2D eigenvalue weighted by Crippen LogP contribution is -2.21. The second-order valence-electron chi connectivity index (χ2n) is 3.27. The molecule has 0 aliphatic heterocycles. The molecule has 0 spiro atoms. The van der Waals surface area contributed by atoms with Gasteiger partial charge in [0.25, 0.3) is 0 Å². The molecule has 0 radical (unpaired) electrons. The maximum atomic E-state index is 2.38. The second kappa shape index (κ2) is 8.83. The fourth-order valence-electron chi connectivity index (χ4n) is 1.21. The quantitative estimate of drug-likeness (QED) is 0.651. The molecular formula is C12H22BN. The van der Waals surface area contributed by atoms with Crippen LogP contribution in [0.2, 0.25) is 0 Å². The molecule has 0 amide bonds. The summed E-state index contributed by atoms with van der Waals surface area (Å²) in [7, 11) is 2.08. The van der Waals surface area contributed by atoms with Crippen molar-refractivity contribution in [1.82, 2.24) is 4.90 Å². The predicted molar refractivity (Wildman–Crippen MR) is 68.1 cm³/mol. The van der Waals surface area contributed by atoms with Crippen molar-refractivity contribution in [2.75, 3.05) is 19.6 Å². The van der Waals surface area contributed by atoms with E-state index in [1.165, 1.54) is 25.1 Å². The highest BCUT2D eigenvalue weighted by Crippen LogP contribution is 1.81. The van der Waals surface area contributed by atoms with Crippen molar-refractivity contribution in [1.29, 1.82) is 0 Å². The summed E-state index contributed by atoms with van der Waals surface area (Å²) in [5, 5.41) is 0. The van der Waals surface area contributed by atoms with E-state index in [4.69, 9.17) is 0 Å². The van der Waals surface area contributed by atoms with Crippen molar-refractivity contribution in [3.63, 3.8) is 0 Å². The van der Waals surface area contributed by atoms with Crippen LogP contribution in [-0.4, -0.2) is 32.4 Å². The molecule has 1 nitrogen and oxygen atoms in total. The summed E-state index contributed by atoms with van der Waals surface area (Å²) in [6, 6.07) is 10.3. The van der Waals surface area contributed by atoms with Gasteiger partial charge in [0.1, 0.15) is 7.85 Å². The van der Waals surface area contributed by atoms with Crippen LogP contribution < -0.4 is 5.46 Å². The Morgan fingerprint density at radius 3 is 1.50 bits per heavy atom. The third kappa shape index (κ3) is 6.73. The minimum atomic E-state index is 1.19. The maximum absolute atomic E-state index is 2.38. The topological polar surface area (TPSA) is 3.24 Å². The molecule has 0 aliphatic carbocycles. The van der Waals surface area contributed by atoms with Crippen molar-refractivity contribution < 1.29 is 0 Å². The average Bonchev–Trinajstić information content (AvgIpc) is 2.22. The van der Waals surface area contributed by atoms with E-state index in [1.54, 1.807) is 0 Å². The largest absolute Gasteiger partial charge is 0.304 e. The van der Waals surface area contributed by atoms with Crippen LogP contribution in [-0.2, 0) is 0 Å². The van der Waals surface area contributed by atoms with Crippen molar-refractivity contribution in [3.8, 4) is 0 Å². The lowest BCUT2D eigenvalue weighted by molar-refractivity contribution is 0.321. The Hall–Kier alpha value is -0.755.